The van der Waals surface area contributed by atoms with Crippen molar-refractivity contribution in [2.24, 2.45) is 10.4 Å². The quantitative estimate of drug-likeness (QED) is 0.799. The minimum atomic E-state index is 0.335. The van der Waals surface area contributed by atoms with E-state index in [-0.39, 0.29) is 0 Å². The fourth-order valence-electron chi connectivity index (χ4n) is 2.02. The monoisotopic (exact) mass is 316 g/mol. The average Bonchev–Trinajstić information content (AvgIpc) is 2.60. The molecule has 0 saturated carbocycles. The Morgan fingerprint density at radius 2 is 1.89 bits per heavy atom. The molecule has 2 rings (SSSR count). The number of amidine groups is 1. The van der Waals surface area contributed by atoms with Gasteiger partial charge < -0.3 is 5.32 Å². The second kappa shape index (κ2) is 5.94. The molecule has 5 heteroatoms. The van der Waals surface area contributed by atoms with Crippen molar-refractivity contribution in [1.82, 2.24) is 0 Å². The fraction of sp³-hybridized carbons (Fsp3) is 0.500. The lowest BCUT2D eigenvalue weighted by molar-refractivity contribution is 0.375. The summed E-state index contributed by atoms with van der Waals surface area (Å²) in [5.74, 6) is 0. The molecular weight excluding hydrogens is 299 g/mol. The summed E-state index contributed by atoms with van der Waals surface area (Å²) in [4.78, 5) is 4.54. The summed E-state index contributed by atoms with van der Waals surface area (Å²) in [6, 6.07) is 5.43. The molecule has 1 N–H and O–H groups in total. The first-order valence-electron chi connectivity index (χ1n) is 6.26. The molecule has 1 aromatic rings. The van der Waals surface area contributed by atoms with E-state index in [1.54, 1.807) is 17.8 Å². The summed E-state index contributed by atoms with van der Waals surface area (Å²) in [6.45, 7) is 7.65. The summed E-state index contributed by atoms with van der Waals surface area (Å²) in [5.41, 5.74) is 1.22. The van der Waals surface area contributed by atoms with Crippen molar-refractivity contribution in [2.75, 3.05) is 11.9 Å². The molecule has 1 aliphatic rings. The Morgan fingerprint density at radius 1 is 1.26 bits per heavy atom. The van der Waals surface area contributed by atoms with Crippen LogP contribution in [-0.2, 0) is 0 Å². The summed E-state index contributed by atoms with van der Waals surface area (Å²) < 4.78 is 0. The van der Waals surface area contributed by atoms with Crippen molar-refractivity contribution in [3.05, 3.63) is 28.2 Å². The highest BCUT2D eigenvalue weighted by molar-refractivity contribution is 8.15. The van der Waals surface area contributed by atoms with Crippen molar-refractivity contribution in [3.8, 4) is 0 Å². The third-order valence-electron chi connectivity index (χ3n) is 2.67. The van der Waals surface area contributed by atoms with Crippen molar-refractivity contribution in [1.29, 1.82) is 0 Å². The maximum atomic E-state index is 5.98. The van der Waals surface area contributed by atoms with Crippen LogP contribution in [0, 0.1) is 5.41 Å². The molecule has 0 spiro atoms. The molecule has 0 aromatic heterocycles. The predicted molar refractivity (Wildman–Crippen MR) is 87.8 cm³/mol. The molecule has 0 saturated heterocycles. The van der Waals surface area contributed by atoms with E-state index < -0.39 is 0 Å². The number of benzene rings is 1. The number of aliphatic imine (C=N–C) groups is 1. The van der Waals surface area contributed by atoms with E-state index in [0.717, 1.165) is 23.8 Å². The molecule has 0 amide bonds. The lowest BCUT2D eigenvalue weighted by Gasteiger charge is -2.21. The van der Waals surface area contributed by atoms with Gasteiger partial charge in [0.1, 0.15) is 0 Å². The van der Waals surface area contributed by atoms with Crippen LogP contribution < -0.4 is 5.32 Å². The van der Waals surface area contributed by atoms with Gasteiger partial charge in [-0.1, -0.05) is 55.7 Å². The molecule has 1 aliphatic heterocycles. The Bertz CT molecular complexity index is 474. The molecule has 0 bridgehead atoms. The molecule has 19 heavy (non-hydrogen) atoms. The largest absolute Gasteiger partial charge is 0.335 e. The first kappa shape index (κ1) is 15.0. The van der Waals surface area contributed by atoms with Gasteiger partial charge in [0.25, 0.3) is 0 Å². The topological polar surface area (TPSA) is 24.4 Å². The summed E-state index contributed by atoms with van der Waals surface area (Å²) in [5, 5.41) is 6.05. The van der Waals surface area contributed by atoms with Crippen molar-refractivity contribution in [3.63, 3.8) is 0 Å². The van der Waals surface area contributed by atoms with Gasteiger partial charge in [0.05, 0.1) is 6.54 Å². The van der Waals surface area contributed by atoms with Crippen LogP contribution in [0.25, 0.3) is 0 Å². The van der Waals surface area contributed by atoms with Gasteiger partial charge in [0.2, 0.25) is 0 Å². The van der Waals surface area contributed by atoms with Crippen LogP contribution in [0.5, 0.6) is 0 Å². The van der Waals surface area contributed by atoms with Crippen LogP contribution in [0.4, 0.5) is 5.69 Å². The highest BCUT2D eigenvalue weighted by atomic mass is 35.5. The zero-order valence-electron chi connectivity index (χ0n) is 11.3. The Morgan fingerprint density at radius 3 is 2.47 bits per heavy atom. The minimum Gasteiger partial charge on any atom is -0.335 e. The number of hydrogen-bond donors (Lipinski definition) is 1. The number of halogens is 2. The van der Waals surface area contributed by atoms with Crippen molar-refractivity contribution < 1.29 is 0 Å². The second-order valence-electron chi connectivity index (χ2n) is 5.93. The molecule has 1 unspecified atom stereocenters. The zero-order chi connectivity index (χ0) is 14.0. The third-order valence-corrected chi connectivity index (χ3v) is 4.21. The van der Waals surface area contributed by atoms with E-state index in [4.69, 9.17) is 23.2 Å². The Balaban J connectivity index is 1.95. The maximum Gasteiger partial charge on any atom is 0.161 e. The fourth-order valence-corrected chi connectivity index (χ4v) is 3.92. The standard InChI is InChI=1S/C14H18Cl2N2S/c1-14(2,3)7-12-8-17-13(19-12)18-11-5-9(15)4-10(16)6-11/h4-6,12H,7-8H2,1-3H3,(H,17,18). The van der Waals surface area contributed by atoms with Gasteiger partial charge in [0.15, 0.2) is 5.17 Å². The van der Waals surface area contributed by atoms with Crippen LogP contribution in [-0.4, -0.2) is 17.0 Å². The van der Waals surface area contributed by atoms with E-state index >= 15 is 0 Å². The van der Waals surface area contributed by atoms with E-state index in [2.05, 4.69) is 31.1 Å². The highest BCUT2D eigenvalue weighted by Gasteiger charge is 2.25. The number of rotatable bonds is 2. The molecular formula is C14H18Cl2N2S. The van der Waals surface area contributed by atoms with E-state index in [1.807, 2.05) is 12.1 Å². The Labute approximate surface area is 129 Å². The highest BCUT2D eigenvalue weighted by Crippen LogP contribution is 2.33. The number of hydrogen-bond acceptors (Lipinski definition) is 3. The van der Waals surface area contributed by atoms with Crippen LogP contribution in [0.1, 0.15) is 27.2 Å². The predicted octanol–water partition coefficient (Wildman–Crippen LogP) is 5.31. The molecule has 2 nitrogen and oxygen atoms in total. The van der Waals surface area contributed by atoms with E-state index in [9.17, 15) is 0 Å². The number of anilines is 1. The van der Waals surface area contributed by atoms with Crippen LogP contribution in [0.2, 0.25) is 10.0 Å². The molecule has 1 heterocycles. The Kier molecular flexibility index (Phi) is 4.70. The number of nitrogens with one attached hydrogen (secondary N) is 1. The van der Waals surface area contributed by atoms with Crippen molar-refractivity contribution >= 4 is 45.8 Å². The number of nitrogens with zero attached hydrogens (tertiary/aromatic N) is 1. The first-order valence-corrected chi connectivity index (χ1v) is 7.90. The summed E-state index contributed by atoms with van der Waals surface area (Å²) >= 11 is 13.8. The minimum absolute atomic E-state index is 0.335. The molecule has 104 valence electrons. The summed E-state index contributed by atoms with van der Waals surface area (Å²) in [6.07, 6.45) is 1.16. The lowest BCUT2D eigenvalue weighted by atomic mass is 9.90. The first-order chi connectivity index (χ1) is 8.82. The van der Waals surface area contributed by atoms with Crippen molar-refractivity contribution in [2.45, 2.75) is 32.4 Å². The van der Waals surface area contributed by atoms with E-state index in [0.29, 0.717) is 20.7 Å². The SMILES string of the molecule is CC(C)(C)CC1CN=C(Nc2cc(Cl)cc(Cl)c2)S1. The second-order valence-corrected chi connectivity index (χ2v) is 8.10. The molecule has 1 aromatic carbocycles. The molecule has 0 radical (unpaired) electrons. The van der Waals surface area contributed by atoms with Gasteiger partial charge in [-0.15, -0.1) is 0 Å². The molecule has 0 fully saturated rings. The smallest absolute Gasteiger partial charge is 0.161 e. The summed E-state index contributed by atoms with van der Waals surface area (Å²) in [7, 11) is 0. The van der Waals surface area contributed by atoms with Gasteiger partial charge in [-0.05, 0) is 30.0 Å². The van der Waals surface area contributed by atoms with E-state index in [1.165, 1.54) is 0 Å². The Hall–Kier alpha value is -0.380. The van der Waals surface area contributed by atoms with Gasteiger partial charge >= 0.3 is 0 Å². The normalized spacial score (nSPS) is 19.4. The van der Waals surface area contributed by atoms with Crippen LogP contribution in [0.15, 0.2) is 23.2 Å². The van der Waals surface area contributed by atoms with Gasteiger partial charge in [-0.2, -0.15) is 0 Å². The van der Waals surface area contributed by atoms with Gasteiger partial charge in [-0.3, -0.25) is 4.99 Å². The van der Waals surface area contributed by atoms with Gasteiger partial charge in [0, 0.05) is 21.0 Å². The maximum absolute atomic E-state index is 5.98. The molecule has 1 atom stereocenters. The zero-order valence-corrected chi connectivity index (χ0v) is 13.7. The molecule has 0 aliphatic carbocycles. The number of thioether (sulfide) groups is 1. The van der Waals surface area contributed by atoms with Crippen LogP contribution in [0.3, 0.4) is 0 Å². The average molecular weight is 317 g/mol. The van der Waals surface area contributed by atoms with Crippen LogP contribution >= 0.6 is 35.0 Å². The third kappa shape index (κ3) is 4.90. The van der Waals surface area contributed by atoms with Gasteiger partial charge in [-0.25, -0.2) is 0 Å². The lowest BCUT2D eigenvalue weighted by Crippen LogP contribution is -2.16.